The number of ether oxygens (including phenoxy) is 2. The Morgan fingerprint density at radius 1 is 0.274 bits per heavy atom. The van der Waals surface area contributed by atoms with Gasteiger partial charge in [0.15, 0.2) is 0 Å². The molecule has 0 amide bonds. The van der Waals surface area contributed by atoms with Crippen LogP contribution in [-0.2, 0) is 0 Å². The molecule has 0 spiro atoms. The first-order chi connectivity index (χ1) is 30.7. The molecule has 0 saturated carbocycles. The van der Waals surface area contributed by atoms with Crippen LogP contribution in [0.5, 0.6) is 34.5 Å². The van der Waals surface area contributed by atoms with E-state index in [2.05, 4.69) is 174 Å². The third-order valence-corrected chi connectivity index (χ3v) is 12.3. The van der Waals surface area contributed by atoms with Gasteiger partial charge in [-0.15, -0.1) is 0 Å². The van der Waals surface area contributed by atoms with Gasteiger partial charge < -0.3 is 28.6 Å². The molecule has 0 bridgehead atoms. The van der Waals surface area contributed by atoms with Crippen molar-refractivity contribution in [1.29, 1.82) is 0 Å². The molecule has 62 heavy (non-hydrogen) atoms. The molecule has 0 saturated heterocycles. The van der Waals surface area contributed by atoms with Crippen LogP contribution in [0.2, 0.25) is 0 Å². The number of nitrogens with zero attached hydrogens (tertiary/aromatic N) is 2. The molecule has 0 atom stereocenters. The minimum atomic E-state index is -0.427. The molecule has 0 unspecified atom stereocenters. The molecule has 0 N–H and O–H groups in total. The van der Waals surface area contributed by atoms with E-state index in [1.807, 2.05) is 42.5 Å². The van der Waals surface area contributed by atoms with E-state index in [1.165, 1.54) is 0 Å². The second kappa shape index (κ2) is 13.7. The van der Waals surface area contributed by atoms with Crippen molar-refractivity contribution in [3.8, 4) is 56.8 Å². The smallest absolute Gasteiger partial charge is 0.434 e. The zero-order valence-corrected chi connectivity index (χ0v) is 33.3. The van der Waals surface area contributed by atoms with Crippen LogP contribution in [0.4, 0.5) is 34.1 Å². The Morgan fingerprint density at radius 3 is 1.02 bits per heavy atom. The second-order valence-corrected chi connectivity index (χ2v) is 15.9. The lowest BCUT2D eigenvalue weighted by atomic mass is 9.46. The van der Waals surface area contributed by atoms with E-state index in [0.717, 1.165) is 101 Å². The van der Waals surface area contributed by atoms with E-state index < -0.39 is 13.8 Å². The SMILES string of the molecule is c1ccc(N(c2ccccc2)c2cc3c4c(c2)-c2ccccc2OB4c2cc4c(cc2O3)Oc2cc(N(c3ccccc3)c3ccccc3)cc3c2B4Oc2ccccc2-3)cc1. The van der Waals surface area contributed by atoms with Crippen LogP contribution in [0.15, 0.2) is 206 Å². The highest BCUT2D eigenvalue weighted by Gasteiger charge is 2.46. The van der Waals surface area contributed by atoms with E-state index >= 15 is 0 Å². The molecule has 4 aliphatic heterocycles. The van der Waals surface area contributed by atoms with Gasteiger partial charge in [0.25, 0.3) is 0 Å². The average molecular weight is 797 g/mol. The molecular formula is C54H34B2N2O4. The Balaban J connectivity index is 0.983. The van der Waals surface area contributed by atoms with Gasteiger partial charge in [0.2, 0.25) is 0 Å². The first kappa shape index (κ1) is 34.7. The molecule has 0 aliphatic carbocycles. The van der Waals surface area contributed by atoms with Crippen molar-refractivity contribution in [3.05, 3.63) is 206 Å². The van der Waals surface area contributed by atoms with Crippen molar-refractivity contribution in [1.82, 2.24) is 0 Å². The number of fused-ring (bicyclic) bond motifs is 8. The van der Waals surface area contributed by atoms with Crippen molar-refractivity contribution in [3.63, 3.8) is 0 Å². The van der Waals surface area contributed by atoms with Crippen LogP contribution in [0.1, 0.15) is 0 Å². The molecule has 13 rings (SSSR count). The third-order valence-electron chi connectivity index (χ3n) is 12.3. The highest BCUT2D eigenvalue weighted by atomic mass is 16.5. The quantitative estimate of drug-likeness (QED) is 0.156. The maximum Gasteiger partial charge on any atom is 0.434 e. The third kappa shape index (κ3) is 5.40. The van der Waals surface area contributed by atoms with Crippen LogP contribution < -0.4 is 50.4 Å². The summed E-state index contributed by atoms with van der Waals surface area (Å²) in [5, 5.41) is 0. The van der Waals surface area contributed by atoms with Crippen LogP contribution in [-0.4, -0.2) is 13.8 Å². The van der Waals surface area contributed by atoms with E-state index in [0.29, 0.717) is 11.5 Å². The molecule has 6 nitrogen and oxygen atoms in total. The first-order valence-electron chi connectivity index (χ1n) is 21.0. The molecule has 8 heteroatoms. The topological polar surface area (TPSA) is 43.4 Å². The average Bonchev–Trinajstić information content (AvgIpc) is 3.32. The van der Waals surface area contributed by atoms with Crippen LogP contribution in [0, 0.1) is 0 Å². The number of hydrogen-bond donors (Lipinski definition) is 0. The highest BCUT2D eigenvalue weighted by molar-refractivity contribution is 6.87. The van der Waals surface area contributed by atoms with Crippen molar-refractivity contribution >= 4 is 69.8 Å². The summed E-state index contributed by atoms with van der Waals surface area (Å²) in [5.74, 6) is 4.50. The van der Waals surface area contributed by atoms with Crippen molar-refractivity contribution in [2.45, 2.75) is 0 Å². The number of rotatable bonds is 6. The van der Waals surface area contributed by atoms with Gasteiger partial charge in [-0.25, -0.2) is 0 Å². The number of anilines is 6. The first-order valence-corrected chi connectivity index (χ1v) is 21.0. The van der Waals surface area contributed by atoms with Gasteiger partial charge in [-0.2, -0.15) is 0 Å². The predicted octanol–water partition coefficient (Wildman–Crippen LogP) is 11.2. The van der Waals surface area contributed by atoms with Gasteiger partial charge in [0, 0.05) is 73.9 Å². The summed E-state index contributed by atoms with van der Waals surface area (Å²) < 4.78 is 28.1. The minimum Gasteiger partial charge on any atom is -0.551 e. The summed E-state index contributed by atoms with van der Waals surface area (Å²) in [6.45, 7) is -0.853. The van der Waals surface area contributed by atoms with Crippen molar-refractivity contribution in [2.75, 3.05) is 9.80 Å². The van der Waals surface area contributed by atoms with Gasteiger partial charge in [0.1, 0.15) is 34.5 Å². The van der Waals surface area contributed by atoms with Gasteiger partial charge in [-0.1, -0.05) is 115 Å². The molecule has 4 aliphatic rings. The summed E-state index contributed by atoms with van der Waals surface area (Å²) >= 11 is 0. The van der Waals surface area contributed by atoms with Gasteiger partial charge in [-0.05, 0) is 83.9 Å². The molecule has 9 aromatic rings. The number of hydrogen-bond acceptors (Lipinski definition) is 6. The zero-order valence-electron chi connectivity index (χ0n) is 33.3. The van der Waals surface area contributed by atoms with Gasteiger partial charge in [-0.3, -0.25) is 0 Å². The largest absolute Gasteiger partial charge is 0.551 e. The lowest BCUT2D eigenvalue weighted by Crippen LogP contribution is -2.58. The van der Waals surface area contributed by atoms with E-state index in [4.69, 9.17) is 18.8 Å². The van der Waals surface area contributed by atoms with Crippen molar-refractivity contribution < 1.29 is 18.8 Å². The minimum absolute atomic E-state index is 0.427. The molecule has 4 heterocycles. The zero-order chi connectivity index (χ0) is 40.7. The molecule has 290 valence electrons. The van der Waals surface area contributed by atoms with E-state index in [-0.39, 0.29) is 0 Å². The lowest BCUT2D eigenvalue weighted by molar-refractivity contribution is 0.458. The van der Waals surface area contributed by atoms with Crippen LogP contribution >= 0.6 is 0 Å². The molecule has 0 fully saturated rings. The normalized spacial score (nSPS) is 13.0. The van der Waals surface area contributed by atoms with Crippen LogP contribution in [0.3, 0.4) is 0 Å². The van der Waals surface area contributed by atoms with Crippen LogP contribution in [0.25, 0.3) is 22.3 Å². The maximum absolute atomic E-state index is 7.06. The van der Waals surface area contributed by atoms with Gasteiger partial charge in [0.05, 0.1) is 11.4 Å². The standard InChI is InChI=1S/C54H34B2N2O4/c1-5-17-35(18-6-1)57(36-19-7-2-8-20-36)39-29-43-41-25-13-15-27-47(41)61-55-45-33-46-50(34-49(45)59-51(31-39)53(43)55)60-52-32-40(30-44-42-26-14-16-28-48(42)62-56(46)54(44)52)58(37-21-9-3-10-22-37)38-23-11-4-12-24-38/h1-34H. The highest BCUT2D eigenvalue weighted by Crippen LogP contribution is 2.47. The Bertz CT molecular complexity index is 2930. The summed E-state index contributed by atoms with van der Waals surface area (Å²) in [6.07, 6.45) is 0. The summed E-state index contributed by atoms with van der Waals surface area (Å²) in [6, 6.07) is 71.5. The maximum atomic E-state index is 7.06. The van der Waals surface area contributed by atoms with E-state index in [9.17, 15) is 0 Å². The van der Waals surface area contributed by atoms with Gasteiger partial charge >= 0.3 is 13.8 Å². The summed E-state index contributed by atoms with van der Waals surface area (Å²) in [7, 11) is 0. The summed E-state index contributed by atoms with van der Waals surface area (Å²) in [5.41, 5.74) is 14.2. The van der Waals surface area contributed by atoms with E-state index in [1.54, 1.807) is 0 Å². The Kier molecular flexibility index (Phi) is 7.69. The molecule has 0 aromatic heterocycles. The molecule has 9 aromatic carbocycles. The second-order valence-electron chi connectivity index (χ2n) is 15.9. The Morgan fingerprint density at radius 2 is 0.629 bits per heavy atom. The lowest BCUT2D eigenvalue weighted by Gasteiger charge is -2.37. The fraction of sp³-hybridized carbons (Fsp3) is 0. The van der Waals surface area contributed by atoms with Crippen molar-refractivity contribution in [2.24, 2.45) is 0 Å². The monoisotopic (exact) mass is 796 g/mol. The molecule has 0 radical (unpaired) electrons. The number of para-hydroxylation sites is 6. The summed E-state index contributed by atoms with van der Waals surface area (Å²) in [4.78, 5) is 4.55. The molecular weight excluding hydrogens is 762 g/mol. The number of benzene rings is 9. The Hall–Kier alpha value is -8.09. The predicted molar refractivity (Wildman–Crippen MR) is 251 cm³/mol. The Labute approximate surface area is 360 Å². The fourth-order valence-electron chi connectivity index (χ4n) is 9.65. The fourth-order valence-corrected chi connectivity index (χ4v) is 9.65.